The largest absolute Gasteiger partial charge is 0.469 e. The molecule has 0 aliphatic heterocycles. The molecule has 0 N–H and O–H groups in total. The summed E-state index contributed by atoms with van der Waals surface area (Å²) in [6.07, 6.45) is 17.7. The van der Waals surface area contributed by atoms with Crippen LogP contribution in [0.4, 0.5) is 0 Å². The van der Waals surface area contributed by atoms with Crippen molar-refractivity contribution in [1.29, 1.82) is 0 Å². The lowest BCUT2D eigenvalue weighted by Crippen LogP contribution is -1.99. The van der Waals surface area contributed by atoms with E-state index in [1.54, 1.807) is 0 Å². The summed E-state index contributed by atoms with van der Waals surface area (Å²) in [4.78, 5) is 11.0. The maximum atomic E-state index is 11.0. The smallest absolute Gasteiger partial charge is 0.305 e. The van der Waals surface area contributed by atoms with Gasteiger partial charge in [-0.05, 0) is 49.7 Å². The summed E-state index contributed by atoms with van der Waals surface area (Å²) in [7, 11) is 1.46. The molecule has 24 heavy (non-hydrogen) atoms. The van der Waals surface area contributed by atoms with Gasteiger partial charge >= 0.3 is 5.97 Å². The van der Waals surface area contributed by atoms with Crippen molar-refractivity contribution in [2.75, 3.05) is 7.11 Å². The molecule has 0 aromatic carbocycles. The van der Waals surface area contributed by atoms with E-state index in [1.807, 2.05) is 0 Å². The van der Waals surface area contributed by atoms with Crippen molar-refractivity contribution in [2.24, 2.45) is 5.92 Å². The molecule has 0 atom stereocenters. The van der Waals surface area contributed by atoms with Crippen LogP contribution in [-0.2, 0) is 9.53 Å². The quantitative estimate of drug-likeness (QED) is 0.183. The predicted octanol–water partition coefficient (Wildman–Crippen LogP) is 6.99. The zero-order chi connectivity index (χ0) is 18.0. The number of hydrogen-bond acceptors (Lipinski definition) is 2. The maximum Gasteiger partial charge on any atom is 0.305 e. The first-order chi connectivity index (χ1) is 11.6. The van der Waals surface area contributed by atoms with Gasteiger partial charge in [0.2, 0.25) is 0 Å². The molecule has 0 heterocycles. The first-order valence-corrected chi connectivity index (χ1v) is 10.1. The molecule has 2 nitrogen and oxygen atoms in total. The van der Waals surface area contributed by atoms with E-state index >= 15 is 0 Å². The van der Waals surface area contributed by atoms with Crippen molar-refractivity contribution in [3.8, 4) is 0 Å². The summed E-state index contributed by atoms with van der Waals surface area (Å²) in [5, 5.41) is 0. The highest BCUT2D eigenvalue weighted by molar-refractivity contribution is 5.68. The van der Waals surface area contributed by atoms with Gasteiger partial charge in [-0.15, -0.1) is 5.73 Å². The number of carbonyl (C=O) groups is 1. The predicted molar refractivity (Wildman–Crippen MR) is 104 cm³/mol. The lowest BCUT2D eigenvalue weighted by molar-refractivity contribution is -0.140. The molecule has 0 aromatic rings. The molecule has 0 aliphatic rings. The summed E-state index contributed by atoms with van der Waals surface area (Å²) in [6.45, 7) is 6.80. The van der Waals surface area contributed by atoms with Crippen molar-refractivity contribution >= 4 is 5.97 Å². The molecule has 0 fully saturated rings. The first kappa shape index (κ1) is 23.0. The Morgan fingerprint density at radius 1 is 0.917 bits per heavy atom. The lowest BCUT2D eigenvalue weighted by atomic mass is 9.97. The third-order valence-electron chi connectivity index (χ3n) is 4.49. The second-order valence-corrected chi connectivity index (χ2v) is 7.08. The number of methoxy groups -OCH3 is 1. The highest BCUT2D eigenvalue weighted by Crippen LogP contribution is 2.18. The molecule has 0 rings (SSSR count). The molecule has 0 spiro atoms. The SMILES string of the molecule is CCCCCCCC=C=C(CCCCCCCC(=O)OC)C(C)C. The highest BCUT2D eigenvalue weighted by atomic mass is 16.5. The molecule has 2 heteroatoms. The van der Waals surface area contributed by atoms with Crippen molar-refractivity contribution in [3.05, 3.63) is 17.4 Å². The van der Waals surface area contributed by atoms with Crippen LogP contribution in [0.3, 0.4) is 0 Å². The maximum absolute atomic E-state index is 11.0. The minimum absolute atomic E-state index is 0.0835. The number of allylic oxidation sites excluding steroid dienone is 1. The molecule has 0 unspecified atom stereocenters. The summed E-state index contributed by atoms with van der Waals surface area (Å²) >= 11 is 0. The summed E-state index contributed by atoms with van der Waals surface area (Å²) < 4.78 is 4.66. The summed E-state index contributed by atoms with van der Waals surface area (Å²) in [5.74, 6) is 0.514. The van der Waals surface area contributed by atoms with Gasteiger partial charge in [0.15, 0.2) is 0 Å². The van der Waals surface area contributed by atoms with Crippen LogP contribution >= 0.6 is 0 Å². The summed E-state index contributed by atoms with van der Waals surface area (Å²) in [6, 6.07) is 0. The van der Waals surface area contributed by atoms with Gasteiger partial charge < -0.3 is 4.74 Å². The van der Waals surface area contributed by atoms with Crippen LogP contribution in [0.25, 0.3) is 0 Å². The Morgan fingerprint density at radius 2 is 1.50 bits per heavy atom. The van der Waals surface area contributed by atoms with Gasteiger partial charge in [0.1, 0.15) is 0 Å². The minimum atomic E-state index is -0.0835. The van der Waals surface area contributed by atoms with Crippen LogP contribution in [-0.4, -0.2) is 13.1 Å². The van der Waals surface area contributed by atoms with Crippen molar-refractivity contribution < 1.29 is 9.53 Å². The van der Waals surface area contributed by atoms with Crippen LogP contribution in [0.1, 0.15) is 104 Å². The molecule has 0 amide bonds. The molecule has 0 saturated heterocycles. The van der Waals surface area contributed by atoms with Crippen LogP contribution < -0.4 is 0 Å². The standard InChI is InChI=1S/C22H40O2/c1-5-6-7-8-9-11-14-17-21(20(2)3)18-15-12-10-13-16-19-22(23)24-4/h14,20H,5-13,15-16,18-19H2,1-4H3. The monoisotopic (exact) mass is 336 g/mol. The molecule has 0 aliphatic carbocycles. The fourth-order valence-corrected chi connectivity index (χ4v) is 2.80. The Bertz CT molecular complexity index is 362. The van der Waals surface area contributed by atoms with Gasteiger partial charge in [0.25, 0.3) is 0 Å². The van der Waals surface area contributed by atoms with Crippen LogP contribution in [0.15, 0.2) is 17.4 Å². The van der Waals surface area contributed by atoms with Crippen molar-refractivity contribution in [2.45, 2.75) is 104 Å². The topological polar surface area (TPSA) is 26.3 Å². The number of rotatable bonds is 15. The second-order valence-electron chi connectivity index (χ2n) is 7.08. The molecular formula is C22H40O2. The molecule has 0 bridgehead atoms. The van der Waals surface area contributed by atoms with Gasteiger partial charge in [0, 0.05) is 6.42 Å². The number of ether oxygens (including phenoxy) is 1. The average Bonchev–Trinajstić information content (AvgIpc) is 2.57. The lowest BCUT2D eigenvalue weighted by Gasteiger charge is -2.08. The fraction of sp³-hybridized carbons (Fsp3) is 0.818. The van der Waals surface area contributed by atoms with E-state index in [2.05, 4.69) is 37.3 Å². The van der Waals surface area contributed by atoms with Crippen molar-refractivity contribution in [3.63, 3.8) is 0 Å². The fourth-order valence-electron chi connectivity index (χ4n) is 2.80. The Morgan fingerprint density at radius 3 is 2.12 bits per heavy atom. The molecule has 0 saturated carbocycles. The van der Waals surface area contributed by atoms with Gasteiger partial charge in [-0.2, -0.15) is 0 Å². The zero-order valence-electron chi connectivity index (χ0n) is 16.7. The van der Waals surface area contributed by atoms with Gasteiger partial charge in [0.05, 0.1) is 7.11 Å². The highest BCUT2D eigenvalue weighted by Gasteiger charge is 2.03. The van der Waals surface area contributed by atoms with Gasteiger partial charge in [-0.3, -0.25) is 4.79 Å². The van der Waals surface area contributed by atoms with E-state index in [4.69, 9.17) is 0 Å². The van der Waals surface area contributed by atoms with E-state index < -0.39 is 0 Å². The number of hydrogen-bond donors (Lipinski definition) is 0. The van der Waals surface area contributed by atoms with E-state index in [0.29, 0.717) is 12.3 Å². The molecule has 0 radical (unpaired) electrons. The van der Waals surface area contributed by atoms with E-state index in [9.17, 15) is 4.79 Å². The number of carbonyl (C=O) groups excluding carboxylic acids is 1. The van der Waals surface area contributed by atoms with E-state index in [0.717, 1.165) is 12.8 Å². The molecule has 0 aromatic heterocycles. The van der Waals surface area contributed by atoms with E-state index in [-0.39, 0.29) is 5.97 Å². The summed E-state index contributed by atoms with van der Waals surface area (Å²) in [5.41, 5.74) is 5.04. The first-order valence-electron chi connectivity index (χ1n) is 10.1. The van der Waals surface area contributed by atoms with Gasteiger partial charge in [-0.25, -0.2) is 0 Å². The third kappa shape index (κ3) is 14.6. The van der Waals surface area contributed by atoms with Crippen LogP contribution in [0.5, 0.6) is 0 Å². The Labute approximate surface area is 150 Å². The Balaban J connectivity index is 3.83. The third-order valence-corrected chi connectivity index (χ3v) is 4.49. The van der Waals surface area contributed by atoms with E-state index in [1.165, 1.54) is 76.9 Å². The van der Waals surface area contributed by atoms with Crippen LogP contribution in [0, 0.1) is 5.92 Å². The van der Waals surface area contributed by atoms with Gasteiger partial charge in [-0.1, -0.05) is 65.7 Å². The molecular weight excluding hydrogens is 296 g/mol. The number of unbranched alkanes of at least 4 members (excludes halogenated alkanes) is 9. The minimum Gasteiger partial charge on any atom is -0.469 e. The average molecular weight is 337 g/mol. The Kier molecular flexibility index (Phi) is 16.1. The van der Waals surface area contributed by atoms with Crippen molar-refractivity contribution in [1.82, 2.24) is 0 Å². The Hall–Kier alpha value is -1.01. The second kappa shape index (κ2) is 16.8. The number of esters is 1. The molecule has 140 valence electrons. The zero-order valence-corrected chi connectivity index (χ0v) is 16.7. The van der Waals surface area contributed by atoms with Crippen LogP contribution in [0.2, 0.25) is 0 Å². The normalized spacial score (nSPS) is 10.5.